The normalized spacial score (nSPS) is 18.7. The van der Waals surface area contributed by atoms with Gasteiger partial charge in [-0.2, -0.15) is 11.3 Å². The van der Waals surface area contributed by atoms with Crippen molar-refractivity contribution in [2.24, 2.45) is 0 Å². The van der Waals surface area contributed by atoms with Crippen molar-refractivity contribution < 1.29 is 14.4 Å². The Kier molecular flexibility index (Phi) is 3.45. The fraction of sp³-hybridized carbons (Fsp3) is 0.333. The zero-order chi connectivity index (χ0) is 15.2. The molecular weight excluding hydrogens is 322 g/mol. The van der Waals surface area contributed by atoms with E-state index in [0.29, 0.717) is 18.1 Å². The molecule has 0 atom stereocenters. The van der Waals surface area contributed by atoms with E-state index >= 15 is 0 Å². The number of nitro groups is 1. The molecule has 22 heavy (non-hydrogen) atoms. The summed E-state index contributed by atoms with van der Waals surface area (Å²) in [4.78, 5) is 12.7. The third kappa shape index (κ3) is 2.25. The molecule has 2 aliphatic rings. The van der Waals surface area contributed by atoms with Gasteiger partial charge in [0.05, 0.1) is 23.0 Å². The van der Waals surface area contributed by atoms with E-state index in [1.165, 1.54) is 11.8 Å². The van der Waals surface area contributed by atoms with Gasteiger partial charge in [0, 0.05) is 28.3 Å². The van der Waals surface area contributed by atoms with E-state index in [-0.39, 0.29) is 10.6 Å². The SMILES string of the molecule is O=[N+]([O-])c1cc2c(cc1Sc1ccsc1)C1(CC2)OCCO1. The number of benzene rings is 1. The van der Waals surface area contributed by atoms with Gasteiger partial charge in [0.2, 0.25) is 0 Å². The van der Waals surface area contributed by atoms with E-state index in [9.17, 15) is 10.1 Å². The predicted octanol–water partition coefficient (Wildman–Crippen LogP) is 3.95. The second kappa shape index (κ2) is 5.34. The minimum absolute atomic E-state index is 0.157. The molecule has 1 saturated heterocycles. The number of ether oxygens (including phenoxy) is 2. The zero-order valence-corrected chi connectivity index (χ0v) is 13.2. The molecule has 5 nitrogen and oxygen atoms in total. The van der Waals surface area contributed by atoms with Gasteiger partial charge in [-0.25, -0.2) is 0 Å². The highest BCUT2D eigenvalue weighted by molar-refractivity contribution is 7.99. The highest BCUT2D eigenvalue weighted by Crippen LogP contribution is 2.48. The van der Waals surface area contributed by atoms with Gasteiger partial charge in [-0.15, -0.1) is 0 Å². The Hall–Kier alpha value is -1.41. The molecule has 0 unspecified atom stereocenters. The van der Waals surface area contributed by atoms with Crippen LogP contribution in [0.25, 0.3) is 0 Å². The van der Waals surface area contributed by atoms with Crippen molar-refractivity contribution in [2.75, 3.05) is 13.2 Å². The zero-order valence-electron chi connectivity index (χ0n) is 11.6. The molecule has 1 aromatic heterocycles. The quantitative estimate of drug-likeness (QED) is 0.628. The first-order valence-electron chi connectivity index (χ1n) is 6.98. The lowest BCUT2D eigenvalue weighted by Crippen LogP contribution is -2.23. The van der Waals surface area contributed by atoms with Gasteiger partial charge in [0.1, 0.15) is 0 Å². The van der Waals surface area contributed by atoms with Gasteiger partial charge in [-0.1, -0.05) is 11.8 Å². The van der Waals surface area contributed by atoms with E-state index in [1.54, 1.807) is 17.4 Å². The van der Waals surface area contributed by atoms with Crippen LogP contribution in [0.15, 0.2) is 38.8 Å². The van der Waals surface area contributed by atoms with Gasteiger partial charge in [0.25, 0.3) is 5.69 Å². The van der Waals surface area contributed by atoms with Crippen molar-refractivity contribution in [3.8, 4) is 0 Å². The summed E-state index contributed by atoms with van der Waals surface area (Å²) in [6.07, 6.45) is 1.48. The lowest BCUT2D eigenvalue weighted by atomic mass is 10.1. The first-order chi connectivity index (χ1) is 10.7. The molecule has 1 fully saturated rings. The lowest BCUT2D eigenvalue weighted by molar-refractivity contribution is -0.387. The molecule has 4 rings (SSSR count). The Balaban J connectivity index is 1.80. The van der Waals surface area contributed by atoms with E-state index in [4.69, 9.17) is 9.47 Å². The van der Waals surface area contributed by atoms with Crippen LogP contribution in [-0.2, 0) is 21.7 Å². The van der Waals surface area contributed by atoms with Crippen LogP contribution in [0.2, 0.25) is 0 Å². The van der Waals surface area contributed by atoms with Gasteiger partial charge in [-0.3, -0.25) is 10.1 Å². The predicted molar refractivity (Wildman–Crippen MR) is 83.4 cm³/mol. The minimum Gasteiger partial charge on any atom is -0.343 e. The Morgan fingerprint density at radius 3 is 2.82 bits per heavy atom. The third-order valence-electron chi connectivity index (χ3n) is 3.99. The largest absolute Gasteiger partial charge is 0.343 e. The van der Waals surface area contributed by atoms with Crippen LogP contribution >= 0.6 is 23.1 Å². The van der Waals surface area contributed by atoms with Gasteiger partial charge in [0.15, 0.2) is 5.79 Å². The molecule has 2 aromatic rings. The first-order valence-corrected chi connectivity index (χ1v) is 8.74. The van der Waals surface area contributed by atoms with E-state index in [0.717, 1.165) is 28.9 Å². The van der Waals surface area contributed by atoms with Crippen molar-refractivity contribution in [1.29, 1.82) is 0 Å². The fourth-order valence-electron chi connectivity index (χ4n) is 3.02. The molecule has 1 aliphatic carbocycles. The molecule has 0 radical (unpaired) electrons. The molecule has 0 bridgehead atoms. The molecule has 1 aromatic carbocycles. The van der Waals surface area contributed by atoms with Gasteiger partial charge in [-0.05, 0) is 29.5 Å². The Labute approximate surface area is 135 Å². The lowest BCUT2D eigenvalue weighted by Gasteiger charge is -2.23. The highest BCUT2D eigenvalue weighted by atomic mass is 32.2. The summed E-state index contributed by atoms with van der Waals surface area (Å²) in [6.45, 7) is 1.15. The van der Waals surface area contributed by atoms with Crippen LogP contribution < -0.4 is 0 Å². The number of hydrogen-bond acceptors (Lipinski definition) is 6. The number of nitro benzene ring substituents is 1. The Morgan fingerprint density at radius 1 is 1.32 bits per heavy atom. The van der Waals surface area contributed by atoms with Crippen LogP contribution in [0.1, 0.15) is 17.5 Å². The third-order valence-corrected chi connectivity index (χ3v) is 5.86. The van der Waals surface area contributed by atoms with Gasteiger partial charge < -0.3 is 9.47 Å². The maximum Gasteiger partial charge on any atom is 0.283 e. The maximum absolute atomic E-state index is 11.4. The minimum atomic E-state index is -0.686. The van der Waals surface area contributed by atoms with E-state index < -0.39 is 5.79 Å². The molecule has 1 spiro atoms. The van der Waals surface area contributed by atoms with Crippen molar-refractivity contribution in [3.05, 3.63) is 50.2 Å². The van der Waals surface area contributed by atoms with Crippen molar-refractivity contribution in [2.45, 2.75) is 28.4 Å². The number of nitrogens with zero attached hydrogens (tertiary/aromatic N) is 1. The Bertz CT molecular complexity index is 723. The van der Waals surface area contributed by atoms with Crippen LogP contribution in [0, 0.1) is 10.1 Å². The smallest absolute Gasteiger partial charge is 0.283 e. The second-order valence-corrected chi connectivity index (χ2v) is 7.14. The van der Waals surface area contributed by atoms with Crippen LogP contribution in [0.3, 0.4) is 0 Å². The highest BCUT2D eigenvalue weighted by Gasteiger charge is 2.45. The standard InChI is InChI=1S/C15H13NO4S2/c17-16(18)13-7-10-1-3-15(19-4-5-20-15)12(10)8-14(13)22-11-2-6-21-9-11/h2,6-9H,1,3-5H2. The average Bonchev–Trinajstić information content (AvgIpc) is 3.23. The molecule has 0 amide bonds. The van der Waals surface area contributed by atoms with E-state index in [1.807, 2.05) is 22.9 Å². The molecule has 0 N–H and O–H groups in total. The topological polar surface area (TPSA) is 61.6 Å². The van der Waals surface area contributed by atoms with Crippen LogP contribution in [-0.4, -0.2) is 18.1 Å². The first kappa shape index (κ1) is 14.2. The average molecular weight is 335 g/mol. The summed E-state index contributed by atoms with van der Waals surface area (Å²) in [7, 11) is 0. The molecular formula is C15H13NO4S2. The number of aryl methyl sites for hydroxylation is 1. The molecule has 7 heteroatoms. The number of fused-ring (bicyclic) bond motifs is 2. The summed E-state index contributed by atoms with van der Waals surface area (Å²) in [5, 5.41) is 15.3. The second-order valence-electron chi connectivity index (χ2n) is 5.25. The van der Waals surface area contributed by atoms with Crippen LogP contribution in [0.5, 0.6) is 0 Å². The van der Waals surface area contributed by atoms with Crippen molar-refractivity contribution in [1.82, 2.24) is 0 Å². The van der Waals surface area contributed by atoms with Gasteiger partial charge >= 0.3 is 0 Å². The summed E-state index contributed by atoms with van der Waals surface area (Å²) in [6, 6.07) is 5.53. The molecule has 2 heterocycles. The monoisotopic (exact) mass is 335 g/mol. The Morgan fingerprint density at radius 2 is 2.14 bits per heavy atom. The van der Waals surface area contributed by atoms with Crippen molar-refractivity contribution >= 4 is 28.8 Å². The molecule has 1 aliphatic heterocycles. The van der Waals surface area contributed by atoms with Crippen molar-refractivity contribution in [3.63, 3.8) is 0 Å². The number of hydrogen-bond donors (Lipinski definition) is 0. The maximum atomic E-state index is 11.4. The summed E-state index contributed by atoms with van der Waals surface area (Å²) in [5.41, 5.74) is 2.07. The summed E-state index contributed by atoms with van der Waals surface area (Å²) in [5.74, 6) is -0.686. The number of rotatable bonds is 3. The van der Waals surface area contributed by atoms with E-state index in [2.05, 4.69) is 0 Å². The van der Waals surface area contributed by atoms with Crippen LogP contribution in [0.4, 0.5) is 5.69 Å². The molecule has 114 valence electrons. The molecule has 0 saturated carbocycles. The fourth-order valence-corrected chi connectivity index (χ4v) is 4.79. The summed E-state index contributed by atoms with van der Waals surface area (Å²) < 4.78 is 11.6. The number of thiophene rings is 1. The summed E-state index contributed by atoms with van der Waals surface area (Å²) >= 11 is 2.99.